The second-order valence-corrected chi connectivity index (χ2v) is 6.77. The molecule has 1 fully saturated rings. The first-order valence-corrected chi connectivity index (χ1v) is 8.84. The quantitative estimate of drug-likeness (QED) is 0.585. The number of guanidine groups is 1. The van der Waals surface area contributed by atoms with E-state index in [1.807, 2.05) is 18.2 Å². The predicted molar refractivity (Wildman–Crippen MR) is 97.1 cm³/mol. The van der Waals surface area contributed by atoms with Crippen molar-refractivity contribution < 1.29 is 9.47 Å². The van der Waals surface area contributed by atoms with Gasteiger partial charge in [-0.3, -0.25) is 0 Å². The Morgan fingerprint density at radius 3 is 2.87 bits per heavy atom. The molecule has 128 valence electrons. The van der Waals surface area contributed by atoms with Gasteiger partial charge in [0.05, 0.1) is 23.7 Å². The number of methoxy groups -OCH3 is 1. The Hall–Kier alpha value is -1.27. The summed E-state index contributed by atoms with van der Waals surface area (Å²) in [6.07, 6.45) is 2.22. The van der Waals surface area contributed by atoms with Gasteiger partial charge in [-0.1, -0.05) is 6.07 Å². The monoisotopic (exact) mass is 383 g/mol. The molecule has 0 amide bonds. The van der Waals surface area contributed by atoms with Crippen LogP contribution in [0.5, 0.6) is 5.75 Å². The third kappa shape index (κ3) is 5.39. The second-order valence-electron chi connectivity index (χ2n) is 5.92. The third-order valence-electron chi connectivity index (χ3n) is 3.91. The molecule has 1 aliphatic heterocycles. The Bertz CT molecular complexity index is 543. The van der Waals surface area contributed by atoms with Gasteiger partial charge in [0, 0.05) is 19.7 Å². The van der Waals surface area contributed by atoms with Crippen LogP contribution in [0.25, 0.3) is 0 Å². The molecule has 0 bridgehead atoms. The zero-order valence-corrected chi connectivity index (χ0v) is 15.7. The molecular formula is C17H26BrN3O2. The lowest BCUT2D eigenvalue weighted by atomic mass is 10.0. The number of nitrogens with one attached hydrogen (secondary N) is 2. The molecule has 5 nitrogen and oxygen atoms in total. The summed E-state index contributed by atoms with van der Waals surface area (Å²) >= 11 is 3.51. The van der Waals surface area contributed by atoms with Crippen molar-refractivity contribution >= 4 is 21.9 Å². The van der Waals surface area contributed by atoms with Crippen LogP contribution >= 0.6 is 15.9 Å². The second kappa shape index (κ2) is 8.55. The van der Waals surface area contributed by atoms with Crippen molar-refractivity contribution in [1.82, 2.24) is 10.6 Å². The predicted octanol–water partition coefficient (Wildman–Crippen LogP) is 3.08. The van der Waals surface area contributed by atoms with E-state index in [1.165, 1.54) is 0 Å². The molecule has 1 unspecified atom stereocenters. The van der Waals surface area contributed by atoms with E-state index < -0.39 is 0 Å². The molecule has 0 radical (unpaired) electrons. The minimum Gasteiger partial charge on any atom is -0.496 e. The molecule has 23 heavy (non-hydrogen) atoms. The van der Waals surface area contributed by atoms with E-state index in [0.29, 0.717) is 6.54 Å². The van der Waals surface area contributed by atoms with Crippen LogP contribution in [0, 0.1) is 0 Å². The Kier molecular flexibility index (Phi) is 6.72. The van der Waals surface area contributed by atoms with Gasteiger partial charge >= 0.3 is 0 Å². The van der Waals surface area contributed by atoms with Gasteiger partial charge in [-0.2, -0.15) is 0 Å². The van der Waals surface area contributed by atoms with E-state index in [0.717, 1.165) is 54.3 Å². The molecular weight excluding hydrogens is 358 g/mol. The van der Waals surface area contributed by atoms with Crippen molar-refractivity contribution in [3.63, 3.8) is 0 Å². The molecule has 0 aromatic heterocycles. The Balaban J connectivity index is 1.96. The van der Waals surface area contributed by atoms with Crippen molar-refractivity contribution in [1.29, 1.82) is 0 Å². The van der Waals surface area contributed by atoms with Gasteiger partial charge in [-0.25, -0.2) is 4.99 Å². The van der Waals surface area contributed by atoms with Crippen LogP contribution in [0.3, 0.4) is 0 Å². The highest BCUT2D eigenvalue weighted by Crippen LogP contribution is 2.26. The molecule has 0 spiro atoms. The van der Waals surface area contributed by atoms with Crippen LogP contribution < -0.4 is 15.4 Å². The van der Waals surface area contributed by atoms with Crippen LogP contribution in [-0.4, -0.2) is 38.4 Å². The van der Waals surface area contributed by atoms with E-state index in [1.54, 1.807) is 7.11 Å². The number of ether oxygens (including phenoxy) is 2. The lowest BCUT2D eigenvalue weighted by molar-refractivity contribution is 0.0243. The summed E-state index contributed by atoms with van der Waals surface area (Å²) in [5, 5.41) is 6.67. The zero-order valence-electron chi connectivity index (χ0n) is 14.1. The van der Waals surface area contributed by atoms with Crippen molar-refractivity contribution in [3.8, 4) is 5.75 Å². The molecule has 0 aliphatic carbocycles. The molecule has 1 aromatic rings. The van der Waals surface area contributed by atoms with E-state index in [9.17, 15) is 0 Å². The Labute approximate surface area is 147 Å². The minimum absolute atomic E-state index is 0.0840. The summed E-state index contributed by atoms with van der Waals surface area (Å²) < 4.78 is 12.0. The summed E-state index contributed by atoms with van der Waals surface area (Å²) in [5.41, 5.74) is 1.04. The maximum absolute atomic E-state index is 5.81. The normalized spacial score (nSPS) is 21.3. The van der Waals surface area contributed by atoms with Crippen molar-refractivity contribution in [3.05, 3.63) is 28.2 Å². The smallest absolute Gasteiger partial charge is 0.191 e. The van der Waals surface area contributed by atoms with Gasteiger partial charge in [0.15, 0.2) is 5.96 Å². The number of benzene rings is 1. The number of rotatable bonds is 6. The molecule has 1 aliphatic rings. The highest BCUT2D eigenvalue weighted by Gasteiger charge is 2.29. The summed E-state index contributed by atoms with van der Waals surface area (Å²) in [5.74, 6) is 1.64. The van der Waals surface area contributed by atoms with Gasteiger partial charge in [0.2, 0.25) is 0 Å². The molecule has 1 saturated heterocycles. The van der Waals surface area contributed by atoms with E-state index in [-0.39, 0.29) is 5.60 Å². The van der Waals surface area contributed by atoms with Gasteiger partial charge < -0.3 is 20.1 Å². The first-order chi connectivity index (χ1) is 11.1. The fourth-order valence-corrected chi connectivity index (χ4v) is 3.16. The average molecular weight is 384 g/mol. The van der Waals surface area contributed by atoms with Crippen molar-refractivity contribution in [2.45, 2.75) is 38.8 Å². The van der Waals surface area contributed by atoms with Crippen LogP contribution in [0.2, 0.25) is 0 Å². The molecule has 0 saturated carbocycles. The highest BCUT2D eigenvalue weighted by atomic mass is 79.9. The fraction of sp³-hybridized carbons (Fsp3) is 0.588. The largest absolute Gasteiger partial charge is 0.496 e. The van der Waals surface area contributed by atoms with E-state index in [4.69, 9.17) is 9.47 Å². The average Bonchev–Trinajstić information content (AvgIpc) is 2.97. The maximum Gasteiger partial charge on any atom is 0.191 e. The summed E-state index contributed by atoms with van der Waals surface area (Å²) in [4.78, 5) is 4.65. The molecule has 1 atom stereocenters. The van der Waals surface area contributed by atoms with E-state index in [2.05, 4.69) is 45.4 Å². The zero-order chi connectivity index (χ0) is 16.7. The van der Waals surface area contributed by atoms with Crippen LogP contribution in [-0.2, 0) is 11.3 Å². The number of halogens is 1. The lowest BCUT2D eigenvalue weighted by Gasteiger charge is -2.24. The molecule has 2 rings (SSSR count). The number of aliphatic imine (C=N–C) groups is 1. The first-order valence-electron chi connectivity index (χ1n) is 8.05. The SMILES string of the molecule is CCNC(=NCc1ccc(OC)c(Br)c1)NCC1(C)CCCO1. The Morgan fingerprint density at radius 1 is 1.43 bits per heavy atom. The highest BCUT2D eigenvalue weighted by molar-refractivity contribution is 9.10. The van der Waals surface area contributed by atoms with Gasteiger partial charge in [-0.15, -0.1) is 0 Å². The summed E-state index contributed by atoms with van der Waals surface area (Å²) in [7, 11) is 1.66. The number of nitrogens with zero attached hydrogens (tertiary/aromatic N) is 1. The van der Waals surface area contributed by atoms with Crippen LogP contribution in [0.4, 0.5) is 0 Å². The molecule has 2 N–H and O–H groups in total. The Morgan fingerprint density at radius 2 is 2.26 bits per heavy atom. The standard InChI is InChI=1S/C17H26BrN3O2/c1-4-19-16(21-12-17(2)8-5-9-23-17)20-11-13-6-7-15(22-3)14(18)10-13/h6-7,10H,4-5,8-9,11-12H2,1-3H3,(H2,19,20,21). The maximum atomic E-state index is 5.81. The number of hydrogen-bond donors (Lipinski definition) is 2. The summed E-state index contributed by atoms with van der Waals surface area (Å²) in [6, 6.07) is 6.01. The third-order valence-corrected chi connectivity index (χ3v) is 4.53. The van der Waals surface area contributed by atoms with Crippen molar-refractivity contribution in [2.24, 2.45) is 4.99 Å². The lowest BCUT2D eigenvalue weighted by Crippen LogP contribution is -2.45. The van der Waals surface area contributed by atoms with Gasteiger partial charge in [0.1, 0.15) is 5.75 Å². The topological polar surface area (TPSA) is 54.9 Å². The molecule has 1 heterocycles. The van der Waals surface area contributed by atoms with Crippen molar-refractivity contribution in [2.75, 3.05) is 26.8 Å². The van der Waals surface area contributed by atoms with Crippen LogP contribution in [0.1, 0.15) is 32.3 Å². The van der Waals surface area contributed by atoms with Gasteiger partial charge in [0.25, 0.3) is 0 Å². The van der Waals surface area contributed by atoms with E-state index >= 15 is 0 Å². The first kappa shape index (κ1) is 18.1. The minimum atomic E-state index is -0.0840. The molecule has 1 aromatic carbocycles. The summed E-state index contributed by atoms with van der Waals surface area (Å²) in [6.45, 7) is 7.27. The fourth-order valence-electron chi connectivity index (χ4n) is 2.57. The van der Waals surface area contributed by atoms with Crippen LogP contribution in [0.15, 0.2) is 27.7 Å². The molecule has 6 heteroatoms. The van der Waals surface area contributed by atoms with Gasteiger partial charge in [-0.05, 0) is 60.3 Å². The number of hydrogen-bond acceptors (Lipinski definition) is 3.